The minimum Gasteiger partial charge on any atom is -0.481 e. The molecule has 5 nitrogen and oxygen atoms in total. The zero-order valence-electron chi connectivity index (χ0n) is 15.4. The van der Waals surface area contributed by atoms with Crippen LogP contribution in [0.3, 0.4) is 0 Å². The molecule has 1 amide bonds. The van der Waals surface area contributed by atoms with Gasteiger partial charge in [0.2, 0.25) is 0 Å². The van der Waals surface area contributed by atoms with Gasteiger partial charge in [-0.3, -0.25) is 4.79 Å². The van der Waals surface area contributed by atoms with Crippen molar-refractivity contribution in [2.45, 2.75) is 13.0 Å². The molecule has 0 aliphatic rings. The standard InChI is InChI=1S/C22H20ClNO4/c1-15(16-7-3-2-4-8-16)24-21(25)13-28-22(26)14-27-20-12-11-19(23)17-9-5-6-10-18(17)20/h2-12,15H,13-14H2,1H3,(H,24,25)/t15-/m0/s1. The second-order valence-electron chi connectivity index (χ2n) is 6.24. The average molecular weight is 398 g/mol. The largest absolute Gasteiger partial charge is 0.481 e. The summed E-state index contributed by atoms with van der Waals surface area (Å²) in [5.74, 6) is -0.470. The molecule has 1 N–H and O–H groups in total. The number of ether oxygens (including phenoxy) is 2. The second-order valence-corrected chi connectivity index (χ2v) is 6.65. The minimum absolute atomic E-state index is 0.177. The lowest BCUT2D eigenvalue weighted by molar-refractivity contribution is -0.150. The number of carbonyl (C=O) groups excluding carboxylic acids is 2. The third-order valence-electron chi connectivity index (χ3n) is 4.22. The van der Waals surface area contributed by atoms with Crippen LogP contribution in [-0.4, -0.2) is 25.1 Å². The molecule has 3 aromatic rings. The maximum Gasteiger partial charge on any atom is 0.344 e. The van der Waals surface area contributed by atoms with Crippen LogP contribution in [0, 0.1) is 0 Å². The van der Waals surface area contributed by atoms with E-state index in [0.29, 0.717) is 10.8 Å². The van der Waals surface area contributed by atoms with Gasteiger partial charge in [-0.25, -0.2) is 4.79 Å². The van der Waals surface area contributed by atoms with Crippen LogP contribution in [0.5, 0.6) is 5.75 Å². The topological polar surface area (TPSA) is 64.6 Å². The van der Waals surface area contributed by atoms with Crippen LogP contribution in [0.2, 0.25) is 5.02 Å². The van der Waals surface area contributed by atoms with Gasteiger partial charge in [-0.1, -0.05) is 66.2 Å². The van der Waals surface area contributed by atoms with Crippen LogP contribution >= 0.6 is 11.6 Å². The lowest BCUT2D eigenvalue weighted by Crippen LogP contribution is -2.31. The number of benzene rings is 3. The summed E-state index contributed by atoms with van der Waals surface area (Å²) >= 11 is 6.17. The number of esters is 1. The quantitative estimate of drug-likeness (QED) is 0.604. The molecule has 28 heavy (non-hydrogen) atoms. The van der Waals surface area contributed by atoms with Gasteiger partial charge in [-0.15, -0.1) is 0 Å². The first-order valence-corrected chi connectivity index (χ1v) is 9.22. The molecule has 0 saturated heterocycles. The van der Waals surface area contributed by atoms with E-state index in [1.165, 1.54) is 0 Å². The van der Waals surface area contributed by atoms with E-state index in [2.05, 4.69) is 5.32 Å². The third kappa shape index (κ3) is 5.02. The Kier molecular flexibility index (Phi) is 6.50. The van der Waals surface area contributed by atoms with Gasteiger partial charge in [0.25, 0.3) is 5.91 Å². The van der Waals surface area contributed by atoms with E-state index >= 15 is 0 Å². The predicted octanol–water partition coefficient (Wildman–Crippen LogP) is 4.29. The number of nitrogens with one attached hydrogen (secondary N) is 1. The van der Waals surface area contributed by atoms with E-state index in [1.54, 1.807) is 12.1 Å². The number of carbonyl (C=O) groups is 2. The molecule has 0 unspecified atom stereocenters. The van der Waals surface area contributed by atoms with Crippen LogP contribution < -0.4 is 10.1 Å². The number of fused-ring (bicyclic) bond motifs is 1. The van der Waals surface area contributed by atoms with E-state index in [0.717, 1.165) is 16.3 Å². The van der Waals surface area contributed by atoms with Crippen molar-refractivity contribution in [3.63, 3.8) is 0 Å². The molecule has 0 spiro atoms. The molecule has 0 radical (unpaired) electrons. The lowest BCUT2D eigenvalue weighted by Gasteiger charge is -2.14. The maximum atomic E-state index is 12.0. The molecule has 0 aromatic heterocycles. The number of amides is 1. The van der Waals surface area contributed by atoms with E-state index in [4.69, 9.17) is 21.1 Å². The van der Waals surface area contributed by atoms with E-state index in [1.807, 2.05) is 61.5 Å². The Balaban J connectivity index is 1.49. The predicted molar refractivity (Wildman–Crippen MR) is 108 cm³/mol. The Morgan fingerprint density at radius 3 is 2.36 bits per heavy atom. The van der Waals surface area contributed by atoms with Crippen molar-refractivity contribution in [1.29, 1.82) is 0 Å². The van der Waals surface area contributed by atoms with Gasteiger partial charge in [-0.05, 0) is 24.6 Å². The van der Waals surface area contributed by atoms with Crippen molar-refractivity contribution in [3.8, 4) is 5.75 Å². The minimum atomic E-state index is -0.624. The molecule has 3 rings (SSSR count). The number of hydrogen-bond donors (Lipinski definition) is 1. The van der Waals surface area contributed by atoms with Gasteiger partial charge in [0.1, 0.15) is 5.75 Å². The molecule has 0 saturated carbocycles. The van der Waals surface area contributed by atoms with Gasteiger partial charge < -0.3 is 14.8 Å². The highest BCUT2D eigenvalue weighted by atomic mass is 35.5. The highest BCUT2D eigenvalue weighted by Gasteiger charge is 2.13. The molecular formula is C22H20ClNO4. The SMILES string of the molecule is C[C@H](NC(=O)COC(=O)COc1ccc(Cl)c2ccccc12)c1ccccc1. The first kappa shape index (κ1) is 19.7. The van der Waals surface area contributed by atoms with Gasteiger partial charge in [0.15, 0.2) is 13.2 Å². The molecule has 0 bridgehead atoms. The van der Waals surface area contributed by atoms with E-state index in [9.17, 15) is 9.59 Å². The summed E-state index contributed by atoms with van der Waals surface area (Å²) < 4.78 is 10.5. The Morgan fingerprint density at radius 2 is 1.61 bits per heavy atom. The van der Waals surface area contributed by atoms with Gasteiger partial charge in [0, 0.05) is 15.8 Å². The van der Waals surface area contributed by atoms with Crippen molar-refractivity contribution in [2.75, 3.05) is 13.2 Å². The summed E-state index contributed by atoms with van der Waals surface area (Å²) in [6, 6.07) is 20.3. The molecule has 1 atom stereocenters. The molecule has 0 heterocycles. The van der Waals surface area contributed by atoms with Crippen molar-refractivity contribution in [3.05, 3.63) is 77.3 Å². The summed E-state index contributed by atoms with van der Waals surface area (Å²) in [5.41, 5.74) is 0.972. The number of rotatable bonds is 7. The van der Waals surface area contributed by atoms with Crippen LogP contribution in [0.15, 0.2) is 66.7 Å². The van der Waals surface area contributed by atoms with Gasteiger partial charge in [-0.2, -0.15) is 0 Å². The summed E-state index contributed by atoms with van der Waals surface area (Å²) in [4.78, 5) is 23.9. The molecule has 3 aromatic carbocycles. The second kappa shape index (κ2) is 9.24. The lowest BCUT2D eigenvalue weighted by atomic mass is 10.1. The van der Waals surface area contributed by atoms with Gasteiger partial charge in [0.05, 0.1) is 6.04 Å². The third-order valence-corrected chi connectivity index (χ3v) is 4.55. The van der Waals surface area contributed by atoms with Crippen LogP contribution in [0.1, 0.15) is 18.5 Å². The van der Waals surface area contributed by atoms with Crippen LogP contribution in [0.4, 0.5) is 0 Å². The fourth-order valence-electron chi connectivity index (χ4n) is 2.79. The average Bonchev–Trinajstić information content (AvgIpc) is 2.72. The molecular weight excluding hydrogens is 378 g/mol. The summed E-state index contributed by atoms with van der Waals surface area (Å²) in [6.45, 7) is 1.21. The normalized spacial score (nSPS) is 11.6. The zero-order chi connectivity index (χ0) is 19.9. The molecule has 144 valence electrons. The first-order valence-electron chi connectivity index (χ1n) is 8.84. The Bertz CT molecular complexity index is 975. The molecule has 0 fully saturated rings. The number of hydrogen-bond acceptors (Lipinski definition) is 4. The summed E-state index contributed by atoms with van der Waals surface area (Å²) in [6.07, 6.45) is 0. The highest BCUT2D eigenvalue weighted by molar-refractivity contribution is 6.35. The Hall–Kier alpha value is -3.05. The fourth-order valence-corrected chi connectivity index (χ4v) is 3.02. The molecule has 6 heteroatoms. The monoisotopic (exact) mass is 397 g/mol. The summed E-state index contributed by atoms with van der Waals surface area (Å²) in [5, 5.41) is 5.03. The molecule has 0 aliphatic carbocycles. The van der Waals surface area contributed by atoms with Crippen molar-refractivity contribution < 1.29 is 19.1 Å². The highest BCUT2D eigenvalue weighted by Crippen LogP contribution is 2.31. The first-order chi connectivity index (χ1) is 13.5. The van der Waals surface area contributed by atoms with Crippen LogP contribution in [-0.2, 0) is 14.3 Å². The Morgan fingerprint density at radius 1 is 0.929 bits per heavy atom. The van der Waals surface area contributed by atoms with Gasteiger partial charge >= 0.3 is 5.97 Å². The van der Waals surface area contributed by atoms with E-state index in [-0.39, 0.29) is 25.2 Å². The Labute approximate surface area is 168 Å². The fraction of sp³-hybridized carbons (Fsp3) is 0.182. The van der Waals surface area contributed by atoms with Crippen molar-refractivity contribution in [1.82, 2.24) is 5.32 Å². The zero-order valence-corrected chi connectivity index (χ0v) is 16.1. The van der Waals surface area contributed by atoms with Crippen molar-refractivity contribution >= 4 is 34.2 Å². The number of halogens is 1. The van der Waals surface area contributed by atoms with E-state index < -0.39 is 5.97 Å². The maximum absolute atomic E-state index is 12.0. The van der Waals surface area contributed by atoms with Crippen LogP contribution in [0.25, 0.3) is 10.8 Å². The smallest absolute Gasteiger partial charge is 0.344 e. The summed E-state index contributed by atoms with van der Waals surface area (Å²) in [7, 11) is 0. The molecule has 0 aliphatic heterocycles. The van der Waals surface area contributed by atoms with Crippen molar-refractivity contribution in [2.24, 2.45) is 0 Å².